The lowest BCUT2D eigenvalue weighted by atomic mass is 9.78. The Morgan fingerprint density at radius 3 is 2.33 bits per heavy atom. The summed E-state index contributed by atoms with van der Waals surface area (Å²) in [4.78, 5) is 57.6. The van der Waals surface area contributed by atoms with Crippen molar-refractivity contribution >= 4 is 57.9 Å². The number of benzene rings is 2. The average molecular weight is 726 g/mol. The normalized spacial score (nSPS) is 18.6. The Balaban J connectivity index is 1.81. The Hall–Kier alpha value is -3.97. The number of nitrogens with two attached hydrogens (primary N) is 1. The van der Waals surface area contributed by atoms with Gasteiger partial charge >= 0.3 is 6.18 Å². The molecule has 1 aliphatic rings. The van der Waals surface area contributed by atoms with Crippen molar-refractivity contribution in [2.24, 2.45) is 17.6 Å². The van der Waals surface area contributed by atoms with Crippen LogP contribution in [0.3, 0.4) is 0 Å². The molecule has 0 radical (unpaired) electrons. The molecule has 5 N–H and O–H groups in total. The number of halogens is 5. The van der Waals surface area contributed by atoms with Crippen molar-refractivity contribution in [3.63, 3.8) is 0 Å². The van der Waals surface area contributed by atoms with Crippen LogP contribution in [-0.2, 0) is 39.9 Å². The number of H-pyrrole nitrogens is 1. The first kappa shape index (κ1) is 37.8. The summed E-state index contributed by atoms with van der Waals surface area (Å²) in [5.41, 5.74) is 4.41. The number of alkyl halides is 3. The molecule has 0 bridgehead atoms. The number of nitrogens with one attached hydrogen (secondary N) is 3. The second-order valence-corrected chi connectivity index (χ2v) is 13.6. The van der Waals surface area contributed by atoms with Gasteiger partial charge in [-0.05, 0) is 54.0 Å². The molecule has 15 heteroatoms. The standard InChI is InChI=1S/C34H40Cl2F3N5O5/c1-5-17(3)26(29(40)45)42-31(47)33(12-11-25-22(15-33)21-13-20(35)14-24(36)27(21)41-25)43-30(46)28(18(4)6-2)44(32(48)49)16-19-9-7-8-10-23(19)34(37,38)39/h7-10,13-14,17-18,26,28,41H,5-6,11-12,15-16H2,1-4H3,(H2,40,45)(H,42,47)(H,43,46)(H,48,49)/p-1/t17?,18?,26-,28-,33+/m0/s1. The Kier molecular flexibility index (Phi) is 11.5. The maximum atomic E-state index is 14.4. The van der Waals surface area contributed by atoms with Gasteiger partial charge in [0.15, 0.2) is 0 Å². The molecule has 1 aliphatic carbocycles. The number of fused-ring (bicyclic) bond motifs is 3. The molecule has 2 unspecified atom stereocenters. The average Bonchev–Trinajstić information content (AvgIpc) is 3.39. The fraction of sp³-hybridized carbons (Fsp3) is 0.471. The van der Waals surface area contributed by atoms with Gasteiger partial charge in [0.1, 0.15) is 23.7 Å². The first-order chi connectivity index (χ1) is 22.9. The van der Waals surface area contributed by atoms with Crippen molar-refractivity contribution in [2.45, 2.75) is 90.1 Å². The fourth-order valence-electron chi connectivity index (χ4n) is 6.47. The molecule has 10 nitrogen and oxygen atoms in total. The molecule has 1 heterocycles. The van der Waals surface area contributed by atoms with E-state index < -0.39 is 65.6 Å². The van der Waals surface area contributed by atoms with E-state index in [-0.39, 0.29) is 37.2 Å². The van der Waals surface area contributed by atoms with Gasteiger partial charge in [0.25, 0.3) is 0 Å². The zero-order chi connectivity index (χ0) is 36.4. The highest BCUT2D eigenvalue weighted by Crippen LogP contribution is 2.39. The summed E-state index contributed by atoms with van der Waals surface area (Å²) in [6.07, 6.45) is -5.78. The molecule has 0 saturated carbocycles. The van der Waals surface area contributed by atoms with Gasteiger partial charge < -0.3 is 36.2 Å². The molecule has 5 atom stereocenters. The van der Waals surface area contributed by atoms with E-state index in [0.29, 0.717) is 37.8 Å². The maximum absolute atomic E-state index is 14.4. The van der Waals surface area contributed by atoms with Gasteiger partial charge in [-0.3, -0.25) is 14.4 Å². The molecule has 0 fully saturated rings. The molecule has 266 valence electrons. The Morgan fingerprint density at radius 1 is 1.08 bits per heavy atom. The minimum absolute atomic E-state index is 0.0111. The number of aryl methyl sites for hydroxylation is 1. The van der Waals surface area contributed by atoms with E-state index >= 15 is 0 Å². The minimum atomic E-state index is -4.79. The molecule has 2 aromatic carbocycles. The van der Waals surface area contributed by atoms with E-state index in [0.717, 1.165) is 17.8 Å². The molecule has 1 aromatic heterocycles. The summed E-state index contributed by atoms with van der Waals surface area (Å²) >= 11 is 12.8. The molecule has 49 heavy (non-hydrogen) atoms. The van der Waals surface area contributed by atoms with Crippen LogP contribution in [-0.4, -0.2) is 51.3 Å². The van der Waals surface area contributed by atoms with Crippen LogP contribution in [0.25, 0.3) is 10.9 Å². The van der Waals surface area contributed by atoms with E-state index in [1.807, 2.05) is 6.92 Å². The SMILES string of the molecule is CCC(C)[C@H](NC(=O)[C@@]1(NC(=O)[C@H](C(C)CC)N(Cc2ccccc2C(F)(F)F)C(=O)[O-])CCc2[nH]c3c(Cl)cc(Cl)cc3c2C1)C(N)=O. The Labute approximate surface area is 291 Å². The van der Waals surface area contributed by atoms with Gasteiger partial charge in [-0.25, -0.2) is 0 Å². The third-order valence-electron chi connectivity index (χ3n) is 9.59. The maximum Gasteiger partial charge on any atom is 0.416 e. The van der Waals surface area contributed by atoms with Crippen LogP contribution in [0, 0.1) is 11.8 Å². The highest BCUT2D eigenvalue weighted by Gasteiger charge is 2.47. The number of hydrogen-bond acceptors (Lipinski definition) is 5. The number of carboxylic acid groups (broad SMARTS) is 1. The van der Waals surface area contributed by atoms with Crippen LogP contribution in [0.2, 0.25) is 10.0 Å². The molecule has 0 aliphatic heterocycles. The summed E-state index contributed by atoms with van der Waals surface area (Å²) in [7, 11) is 0. The lowest BCUT2D eigenvalue weighted by Gasteiger charge is -2.42. The highest BCUT2D eigenvalue weighted by atomic mass is 35.5. The molecule has 0 spiro atoms. The van der Waals surface area contributed by atoms with Crippen molar-refractivity contribution in [1.29, 1.82) is 0 Å². The second kappa shape index (κ2) is 14.9. The molecule has 0 saturated heterocycles. The zero-order valence-corrected chi connectivity index (χ0v) is 29.0. The quantitative estimate of drug-likeness (QED) is 0.204. The lowest BCUT2D eigenvalue weighted by Crippen LogP contribution is -2.67. The van der Waals surface area contributed by atoms with Gasteiger partial charge in [-0.2, -0.15) is 13.2 Å². The van der Waals surface area contributed by atoms with E-state index in [4.69, 9.17) is 28.9 Å². The summed E-state index contributed by atoms with van der Waals surface area (Å²) in [6, 6.07) is 5.04. The number of primary amides is 1. The second-order valence-electron chi connectivity index (χ2n) is 12.8. The van der Waals surface area contributed by atoms with Crippen LogP contribution in [0.15, 0.2) is 36.4 Å². The fourth-order valence-corrected chi connectivity index (χ4v) is 7.01. The predicted molar refractivity (Wildman–Crippen MR) is 177 cm³/mol. The number of aromatic nitrogens is 1. The number of nitrogens with zero attached hydrogens (tertiary/aromatic N) is 1. The van der Waals surface area contributed by atoms with Crippen LogP contribution in [0.4, 0.5) is 18.0 Å². The van der Waals surface area contributed by atoms with E-state index in [1.54, 1.807) is 32.9 Å². The minimum Gasteiger partial charge on any atom is -0.530 e. The largest absolute Gasteiger partial charge is 0.530 e. The van der Waals surface area contributed by atoms with Crippen LogP contribution < -0.4 is 21.5 Å². The summed E-state index contributed by atoms with van der Waals surface area (Å²) in [5.74, 6) is -3.52. The summed E-state index contributed by atoms with van der Waals surface area (Å²) in [6.45, 7) is 6.02. The van der Waals surface area contributed by atoms with Crippen molar-refractivity contribution in [3.8, 4) is 0 Å². The Morgan fingerprint density at radius 2 is 1.73 bits per heavy atom. The smallest absolute Gasteiger partial charge is 0.416 e. The number of carbonyl (C=O) groups is 4. The van der Waals surface area contributed by atoms with Gasteiger partial charge in [0, 0.05) is 29.1 Å². The van der Waals surface area contributed by atoms with E-state index in [9.17, 15) is 37.5 Å². The molecule has 4 amide bonds. The molecular formula is C34H39Cl2F3N5O5-. The topological polar surface area (TPSA) is 160 Å². The Bertz CT molecular complexity index is 1750. The third kappa shape index (κ3) is 7.93. The van der Waals surface area contributed by atoms with Crippen molar-refractivity contribution in [2.75, 3.05) is 0 Å². The van der Waals surface area contributed by atoms with Gasteiger partial charge in [-0.15, -0.1) is 0 Å². The number of amides is 4. The van der Waals surface area contributed by atoms with Crippen molar-refractivity contribution < 1.29 is 37.5 Å². The first-order valence-corrected chi connectivity index (χ1v) is 16.7. The summed E-state index contributed by atoms with van der Waals surface area (Å²) in [5, 5.41) is 19.4. The molecular weight excluding hydrogens is 686 g/mol. The van der Waals surface area contributed by atoms with Crippen molar-refractivity contribution in [1.82, 2.24) is 20.5 Å². The monoisotopic (exact) mass is 724 g/mol. The summed E-state index contributed by atoms with van der Waals surface area (Å²) < 4.78 is 41.6. The van der Waals surface area contributed by atoms with Gasteiger partial charge in [-0.1, -0.05) is 81.9 Å². The number of hydrogen-bond donors (Lipinski definition) is 4. The third-order valence-corrected chi connectivity index (χ3v) is 10.1. The lowest BCUT2D eigenvalue weighted by molar-refractivity contribution is -0.269. The number of carbonyl (C=O) groups excluding carboxylic acids is 4. The van der Waals surface area contributed by atoms with E-state index in [2.05, 4.69) is 15.6 Å². The van der Waals surface area contributed by atoms with Crippen LogP contribution in [0.1, 0.15) is 69.3 Å². The van der Waals surface area contributed by atoms with E-state index in [1.165, 1.54) is 12.1 Å². The van der Waals surface area contributed by atoms with Crippen molar-refractivity contribution in [3.05, 3.63) is 68.8 Å². The predicted octanol–water partition coefficient (Wildman–Crippen LogP) is 5.11. The number of rotatable bonds is 12. The first-order valence-electron chi connectivity index (χ1n) is 16.0. The highest BCUT2D eigenvalue weighted by molar-refractivity contribution is 6.38. The molecule has 3 aromatic rings. The van der Waals surface area contributed by atoms with Crippen LogP contribution >= 0.6 is 23.2 Å². The van der Waals surface area contributed by atoms with Gasteiger partial charge in [0.05, 0.1) is 16.1 Å². The number of aromatic amines is 1. The zero-order valence-electron chi connectivity index (χ0n) is 27.5. The molecule has 4 rings (SSSR count). The van der Waals surface area contributed by atoms with Gasteiger partial charge in [0.2, 0.25) is 17.7 Å². The van der Waals surface area contributed by atoms with Crippen LogP contribution in [0.5, 0.6) is 0 Å².